The van der Waals surface area contributed by atoms with Crippen molar-refractivity contribution >= 4 is 12.1 Å². The summed E-state index contributed by atoms with van der Waals surface area (Å²) in [5, 5.41) is 9.26. The van der Waals surface area contributed by atoms with E-state index in [4.69, 9.17) is 9.47 Å². The molecule has 0 spiro atoms. The van der Waals surface area contributed by atoms with Gasteiger partial charge in [-0.15, -0.1) is 0 Å². The lowest BCUT2D eigenvalue weighted by molar-refractivity contribution is -0.148. The van der Waals surface area contributed by atoms with Crippen LogP contribution in [0, 0.1) is 11.8 Å². The molecule has 0 aromatic heterocycles. The number of hydrogen-bond acceptors (Lipinski definition) is 5. The molecular weight excluding hydrogens is 250 g/mol. The van der Waals surface area contributed by atoms with Gasteiger partial charge in [0, 0.05) is 25.6 Å². The van der Waals surface area contributed by atoms with Gasteiger partial charge < -0.3 is 19.5 Å². The van der Waals surface area contributed by atoms with Gasteiger partial charge in [-0.1, -0.05) is 0 Å². The summed E-state index contributed by atoms with van der Waals surface area (Å²) >= 11 is 0. The van der Waals surface area contributed by atoms with E-state index < -0.39 is 17.6 Å². The van der Waals surface area contributed by atoms with Crippen LogP contribution in [-0.4, -0.2) is 54.5 Å². The summed E-state index contributed by atoms with van der Waals surface area (Å²) in [6.45, 7) is 5.98. The summed E-state index contributed by atoms with van der Waals surface area (Å²) in [4.78, 5) is 25.1. The van der Waals surface area contributed by atoms with E-state index in [1.807, 2.05) is 0 Å². The number of carbonyl (C=O) groups excluding carboxylic acids is 2. The molecule has 1 saturated heterocycles. The van der Waals surface area contributed by atoms with Crippen molar-refractivity contribution in [3.63, 3.8) is 0 Å². The van der Waals surface area contributed by atoms with Crippen LogP contribution in [0.2, 0.25) is 0 Å². The molecule has 0 unspecified atom stereocenters. The van der Waals surface area contributed by atoms with E-state index in [0.717, 1.165) is 0 Å². The number of piperidine rings is 1. The molecule has 6 heteroatoms. The number of aliphatic hydroxyl groups excluding tert-OH is 1. The molecule has 1 rings (SSSR count). The fourth-order valence-electron chi connectivity index (χ4n) is 2.15. The fourth-order valence-corrected chi connectivity index (χ4v) is 2.15. The topological polar surface area (TPSA) is 76.1 Å². The Balaban J connectivity index is 2.71. The lowest BCUT2D eigenvalue weighted by Crippen LogP contribution is -2.48. The van der Waals surface area contributed by atoms with Gasteiger partial charge in [-0.25, -0.2) is 4.79 Å². The quantitative estimate of drug-likeness (QED) is 0.760. The normalized spacial score (nSPS) is 23.9. The first-order valence-electron chi connectivity index (χ1n) is 6.43. The highest BCUT2D eigenvalue weighted by atomic mass is 16.6. The zero-order valence-electron chi connectivity index (χ0n) is 12.0. The van der Waals surface area contributed by atoms with Crippen molar-refractivity contribution in [1.29, 1.82) is 0 Å². The van der Waals surface area contributed by atoms with Crippen molar-refractivity contribution in [2.45, 2.75) is 32.8 Å². The van der Waals surface area contributed by atoms with E-state index >= 15 is 0 Å². The van der Waals surface area contributed by atoms with Gasteiger partial charge in [-0.3, -0.25) is 4.79 Å². The number of rotatable bonds is 2. The van der Waals surface area contributed by atoms with Gasteiger partial charge in [0.15, 0.2) is 0 Å². The van der Waals surface area contributed by atoms with Crippen LogP contribution in [0.5, 0.6) is 0 Å². The summed E-state index contributed by atoms with van der Waals surface area (Å²) < 4.78 is 10.00. The lowest BCUT2D eigenvalue weighted by atomic mass is 9.90. The number of nitrogens with zero attached hydrogens (tertiary/aromatic N) is 1. The van der Waals surface area contributed by atoms with E-state index in [1.54, 1.807) is 20.8 Å². The SMILES string of the molecule is COC(=O)[C@H]1C[C@@H](CO)CN(C(=O)OC(C)(C)C)C1. The van der Waals surface area contributed by atoms with Crippen molar-refractivity contribution < 1.29 is 24.2 Å². The zero-order chi connectivity index (χ0) is 14.6. The number of aliphatic hydroxyl groups is 1. The highest BCUT2D eigenvalue weighted by Crippen LogP contribution is 2.24. The van der Waals surface area contributed by atoms with Crippen LogP contribution < -0.4 is 0 Å². The van der Waals surface area contributed by atoms with E-state index in [-0.39, 0.29) is 25.0 Å². The predicted molar refractivity (Wildman–Crippen MR) is 68.5 cm³/mol. The second-order valence-electron chi connectivity index (χ2n) is 5.89. The largest absolute Gasteiger partial charge is 0.469 e. The van der Waals surface area contributed by atoms with Crippen molar-refractivity contribution in [3.8, 4) is 0 Å². The fraction of sp³-hybridized carbons (Fsp3) is 0.846. The molecule has 0 saturated carbocycles. The Morgan fingerprint density at radius 1 is 1.32 bits per heavy atom. The Morgan fingerprint density at radius 3 is 2.42 bits per heavy atom. The number of amides is 1. The van der Waals surface area contributed by atoms with Crippen LogP contribution >= 0.6 is 0 Å². The first-order chi connectivity index (χ1) is 8.76. The summed E-state index contributed by atoms with van der Waals surface area (Å²) in [7, 11) is 1.32. The van der Waals surface area contributed by atoms with Crippen LogP contribution in [0.1, 0.15) is 27.2 Å². The molecule has 1 N–H and O–H groups in total. The smallest absolute Gasteiger partial charge is 0.410 e. The third kappa shape index (κ3) is 4.70. The molecule has 0 bridgehead atoms. The van der Waals surface area contributed by atoms with E-state index in [9.17, 15) is 14.7 Å². The second-order valence-corrected chi connectivity index (χ2v) is 5.89. The van der Waals surface area contributed by atoms with Gasteiger partial charge in [0.2, 0.25) is 0 Å². The van der Waals surface area contributed by atoms with Gasteiger partial charge in [0.05, 0.1) is 13.0 Å². The Hall–Kier alpha value is -1.30. The Kier molecular flexibility index (Phi) is 5.17. The maximum atomic E-state index is 12.0. The molecule has 2 atom stereocenters. The standard InChI is InChI=1S/C13H23NO5/c1-13(2,3)19-12(17)14-6-9(8-15)5-10(7-14)11(16)18-4/h9-10,15H,5-8H2,1-4H3/t9-,10+/m1/s1. The Bertz CT molecular complexity index is 336. The maximum absolute atomic E-state index is 12.0. The van der Waals surface area contributed by atoms with Crippen LogP contribution in [0.3, 0.4) is 0 Å². The molecule has 1 aliphatic rings. The monoisotopic (exact) mass is 273 g/mol. The van der Waals surface area contributed by atoms with Crippen LogP contribution in [0.25, 0.3) is 0 Å². The highest BCUT2D eigenvalue weighted by molar-refractivity contribution is 5.75. The third-order valence-corrected chi connectivity index (χ3v) is 2.98. The maximum Gasteiger partial charge on any atom is 0.410 e. The first-order valence-corrected chi connectivity index (χ1v) is 6.43. The van der Waals surface area contributed by atoms with Crippen molar-refractivity contribution in [1.82, 2.24) is 4.90 Å². The average molecular weight is 273 g/mol. The van der Waals surface area contributed by atoms with Gasteiger partial charge in [0.1, 0.15) is 5.60 Å². The molecule has 6 nitrogen and oxygen atoms in total. The molecule has 0 aliphatic carbocycles. The van der Waals surface area contributed by atoms with Gasteiger partial charge >= 0.3 is 12.1 Å². The number of hydrogen-bond donors (Lipinski definition) is 1. The average Bonchev–Trinajstić information content (AvgIpc) is 2.35. The van der Waals surface area contributed by atoms with E-state index in [1.165, 1.54) is 12.0 Å². The molecule has 19 heavy (non-hydrogen) atoms. The number of esters is 1. The van der Waals surface area contributed by atoms with Crippen molar-refractivity contribution in [2.24, 2.45) is 11.8 Å². The van der Waals surface area contributed by atoms with Crippen LogP contribution in [-0.2, 0) is 14.3 Å². The van der Waals surface area contributed by atoms with Gasteiger partial charge in [0.25, 0.3) is 0 Å². The number of carbonyl (C=O) groups is 2. The third-order valence-electron chi connectivity index (χ3n) is 2.98. The lowest BCUT2D eigenvalue weighted by Gasteiger charge is -2.36. The Labute approximate surface area is 113 Å². The minimum absolute atomic E-state index is 0.0627. The highest BCUT2D eigenvalue weighted by Gasteiger charge is 2.35. The Morgan fingerprint density at radius 2 is 1.95 bits per heavy atom. The number of ether oxygens (including phenoxy) is 2. The summed E-state index contributed by atoms with van der Waals surface area (Å²) in [5.74, 6) is -0.875. The molecule has 0 aromatic carbocycles. The zero-order valence-corrected chi connectivity index (χ0v) is 12.0. The molecule has 1 aliphatic heterocycles. The number of likely N-dealkylation sites (tertiary alicyclic amines) is 1. The predicted octanol–water partition coefficient (Wildman–Crippen LogP) is 1.02. The molecule has 1 amide bonds. The minimum atomic E-state index is -0.579. The van der Waals surface area contributed by atoms with Gasteiger partial charge in [-0.05, 0) is 27.2 Å². The minimum Gasteiger partial charge on any atom is -0.469 e. The molecular formula is C13H23NO5. The molecule has 110 valence electrons. The van der Waals surface area contributed by atoms with E-state index in [0.29, 0.717) is 13.0 Å². The first kappa shape index (κ1) is 15.8. The number of methoxy groups -OCH3 is 1. The molecule has 1 heterocycles. The summed E-state index contributed by atoms with van der Waals surface area (Å²) in [6, 6.07) is 0. The second kappa shape index (κ2) is 6.23. The summed E-state index contributed by atoms with van der Waals surface area (Å²) in [5.41, 5.74) is -0.579. The summed E-state index contributed by atoms with van der Waals surface area (Å²) in [6.07, 6.45) is 0.0715. The van der Waals surface area contributed by atoms with Crippen LogP contribution in [0.4, 0.5) is 4.79 Å². The van der Waals surface area contributed by atoms with Crippen molar-refractivity contribution in [3.05, 3.63) is 0 Å². The van der Waals surface area contributed by atoms with Gasteiger partial charge in [-0.2, -0.15) is 0 Å². The van der Waals surface area contributed by atoms with Crippen molar-refractivity contribution in [2.75, 3.05) is 26.8 Å². The van der Waals surface area contributed by atoms with E-state index in [2.05, 4.69) is 0 Å². The molecule has 0 aromatic rings. The molecule has 1 fully saturated rings. The van der Waals surface area contributed by atoms with Crippen LogP contribution in [0.15, 0.2) is 0 Å². The molecule has 0 radical (unpaired) electrons.